The van der Waals surface area contributed by atoms with Crippen LogP contribution in [0.15, 0.2) is 36.3 Å². The Kier molecular flexibility index (Phi) is 5.76. The molecule has 1 aromatic carbocycles. The molecule has 12 heteroatoms. The number of halogens is 3. The van der Waals surface area contributed by atoms with Crippen LogP contribution in [0.3, 0.4) is 0 Å². The van der Waals surface area contributed by atoms with Gasteiger partial charge in [0.05, 0.1) is 33.4 Å². The predicted octanol–water partition coefficient (Wildman–Crippen LogP) is 4.73. The molecule has 1 heterocycles. The zero-order valence-electron chi connectivity index (χ0n) is 15.0. The summed E-state index contributed by atoms with van der Waals surface area (Å²) in [7, 11) is 0. The third-order valence-corrected chi connectivity index (χ3v) is 5.55. The molecular formula is C16H17F3N4O4S. The Bertz CT molecular complexity index is 822. The van der Waals surface area contributed by atoms with E-state index >= 15 is 0 Å². The van der Waals surface area contributed by atoms with Gasteiger partial charge in [0.1, 0.15) is 0 Å². The maximum atomic E-state index is 13.1. The van der Waals surface area contributed by atoms with Crippen LogP contribution in [0.25, 0.3) is 0 Å². The molecule has 0 aromatic heterocycles. The van der Waals surface area contributed by atoms with Crippen LogP contribution in [-0.2, 0) is 6.18 Å². The van der Waals surface area contributed by atoms with E-state index in [1.165, 1.54) is 22.8 Å². The van der Waals surface area contributed by atoms with Gasteiger partial charge in [-0.3, -0.25) is 25.2 Å². The largest absolute Gasteiger partial charge is 0.416 e. The van der Waals surface area contributed by atoms with Crippen molar-refractivity contribution in [3.63, 3.8) is 0 Å². The zero-order valence-corrected chi connectivity index (χ0v) is 15.8. The van der Waals surface area contributed by atoms with Crippen LogP contribution in [0.1, 0.15) is 19.4 Å². The molecule has 8 nitrogen and oxygen atoms in total. The van der Waals surface area contributed by atoms with Crippen molar-refractivity contribution >= 4 is 28.8 Å². The Morgan fingerprint density at radius 1 is 1.29 bits per heavy atom. The van der Waals surface area contributed by atoms with Gasteiger partial charge in [-0.2, -0.15) is 18.2 Å². The van der Waals surface area contributed by atoms with E-state index in [2.05, 4.69) is 13.2 Å². The summed E-state index contributed by atoms with van der Waals surface area (Å²) in [6.45, 7) is 10.9. The molecule has 1 aliphatic heterocycles. The summed E-state index contributed by atoms with van der Waals surface area (Å²) in [5.74, 6) is 0.259. The van der Waals surface area contributed by atoms with Crippen LogP contribution in [0.4, 0.5) is 30.2 Å². The van der Waals surface area contributed by atoms with Gasteiger partial charge in [0, 0.05) is 17.0 Å². The van der Waals surface area contributed by atoms with Gasteiger partial charge in [-0.25, -0.2) is 0 Å². The van der Waals surface area contributed by atoms with Crippen molar-refractivity contribution in [2.75, 3.05) is 17.4 Å². The topological polar surface area (TPSA) is 92.8 Å². The van der Waals surface area contributed by atoms with E-state index in [-0.39, 0.29) is 12.4 Å². The molecule has 1 aromatic rings. The van der Waals surface area contributed by atoms with Gasteiger partial charge >= 0.3 is 17.6 Å². The highest BCUT2D eigenvalue weighted by molar-refractivity contribution is 8.03. The number of hydrazine groups is 1. The van der Waals surface area contributed by atoms with Crippen LogP contribution < -0.4 is 5.01 Å². The monoisotopic (exact) mass is 418 g/mol. The third-order valence-electron chi connectivity index (χ3n) is 4.33. The summed E-state index contributed by atoms with van der Waals surface area (Å²) in [6.07, 6.45) is -3.62. The molecule has 0 amide bonds. The highest BCUT2D eigenvalue weighted by Crippen LogP contribution is 2.48. The number of hydrogen-bond acceptors (Lipinski definition) is 7. The number of nitro benzene ring substituents is 2. The number of alkyl halides is 3. The van der Waals surface area contributed by atoms with Crippen molar-refractivity contribution in [1.29, 1.82) is 0 Å². The maximum Gasteiger partial charge on any atom is 0.416 e. The first-order chi connectivity index (χ1) is 12.8. The fraction of sp³-hybridized carbons (Fsp3) is 0.375. The average molecular weight is 418 g/mol. The minimum absolute atomic E-state index is 0.0929. The fourth-order valence-corrected chi connectivity index (χ4v) is 3.93. The summed E-state index contributed by atoms with van der Waals surface area (Å²) in [6, 6.07) is 0.618. The van der Waals surface area contributed by atoms with E-state index in [4.69, 9.17) is 0 Å². The first kappa shape index (κ1) is 21.7. The van der Waals surface area contributed by atoms with Crippen LogP contribution in [0, 0.1) is 20.2 Å². The highest BCUT2D eigenvalue weighted by atomic mass is 32.2. The molecule has 0 N–H and O–H groups in total. The second-order valence-corrected chi connectivity index (χ2v) is 7.44. The van der Waals surface area contributed by atoms with Crippen LogP contribution in [0.2, 0.25) is 0 Å². The van der Waals surface area contributed by atoms with Gasteiger partial charge < -0.3 is 0 Å². The fourth-order valence-electron chi connectivity index (χ4n) is 2.74. The molecule has 0 unspecified atom stereocenters. The molecule has 1 fully saturated rings. The number of thioether (sulfide) groups is 1. The van der Waals surface area contributed by atoms with Crippen LogP contribution >= 0.6 is 11.8 Å². The van der Waals surface area contributed by atoms with Crippen molar-refractivity contribution in [1.82, 2.24) is 5.01 Å². The molecule has 0 aliphatic carbocycles. The average Bonchev–Trinajstić information content (AvgIpc) is 2.84. The Labute approximate surface area is 162 Å². The van der Waals surface area contributed by atoms with Crippen molar-refractivity contribution in [3.05, 3.63) is 62.1 Å². The lowest BCUT2D eigenvalue weighted by molar-refractivity contribution is -0.393. The summed E-state index contributed by atoms with van der Waals surface area (Å²) in [5.41, 5.74) is -4.78. The van der Waals surface area contributed by atoms with Crippen molar-refractivity contribution in [2.24, 2.45) is 0 Å². The molecule has 0 spiro atoms. The van der Waals surface area contributed by atoms with E-state index in [0.29, 0.717) is 17.0 Å². The smallest absolute Gasteiger partial charge is 0.288 e. The second-order valence-electron chi connectivity index (χ2n) is 6.40. The lowest BCUT2D eigenvalue weighted by Crippen LogP contribution is -2.51. The molecule has 0 bridgehead atoms. The number of benzene rings is 1. The number of nitro groups is 2. The van der Waals surface area contributed by atoms with E-state index in [0.717, 1.165) is 0 Å². The first-order valence-corrected chi connectivity index (χ1v) is 8.83. The zero-order chi connectivity index (χ0) is 21.4. The predicted molar refractivity (Wildman–Crippen MR) is 99.8 cm³/mol. The van der Waals surface area contributed by atoms with Gasteiger partial charge in [-0.15, -0.1) is 18.3 Å². The SMILES string of the molecule is C=CCN(c1c([N+](=O)[O-])cc(C(F)(F)F)cc1[N+](=O)[O-])N1CSC(=C)C1(C)C. The minimum atomic E-state index is -4.98. The second kappa shape index (κ2) is 7.43. The van der Waals surface area contributed by atoms with Crippen molar-refractivity contribution in [3.8, 4) is 0 Å². The lowest BCUT2D eigenvalue weighted by Gasteiger charge is -2.40. The van der Waals surface area contributed by atoms with Gasteiger partial charge in [-0.1, -0.05) is 12.7 Å². The molecule has 0 radical (unpaired) electrons. The number of nitrogens with zero attached hydrogens (tertiary/aromatic N) is 4. The first-order valence-electron chi connectivity index (χ1n) is 7.84. The van der Waals surface area contributed by atoms with E-state index < -0.39 is 44.2 Å². The van der Waals surface area contributed by atoms with Crippen molar-refractivity contribution in [2.45, 2.75) is 25.6 Å². The van der Waals surface area contributed by atoms with Crippen LogP contribution in [0.5, 0.6) is 0 Å². The molecular weight excluding hydrogens is 401 g/mol. The Morgan fingerprint density at radius 2 is 1.79 bits per heavy atom. The summed E-state index contributed by atoms with van der Waals surface area (Å²) in [4.78, 5) is 21.7. The molecule has 152 valence electrons. The minimum Gasteiger partial charge on any atom is -0.288 e. The Balaban J connectivity index is 2.82. The molecule has 0 saturated carbocycles. The molecule has 2 rings (SSSR count). The quantitative estimate of drug-likeness (QED) is 0.375. The van der Waals surface area contributed by atoms with Gasteiger partial charge in [0.15, 0.2) is 0 Å². The summed E-state index contributed by atoms with van der Waals surface area (Å²) < 4.78 is 39.4. The third kappa shape index (κ3) is 3.83. The number of anilines is 1. The standard InChI is InChI=1S/C16H17F3N4O4S/c1-5-6-20(21-9-28-10(2)15(21,3)4)14-12(22(24)25)7-11(16(17,18)19)8-13(14)23(26)27/h5,7-8H,1-2,6,9H2,3-4H3. The highest BCUT2D eigenvalue weighted by Gasteiger charge is 2.45. The van der Waals surface area contributed by atoms with E-state index in [1.807, 2.05) is 0 Å². The Hall–Kier alpha value is -2.60. The summed E-state index contributed by atoms with van der Waals surface area (Å²) >= 11 is 1.33. The Morgan fingerprint density at radius 3 is 2.11 bits per heavy atom. The molecule has 0 atom stereocenters. The van der Waals surface area contributed by atoms with Gasteiger partial charge in [0.25, 0.3) is 0 Å². The lowest BCUT2D eigenvalue weighted by atomic mass is 10.0. The number of hydrogen-bond donors (Lipinski definition) is 0. The van der Waals surface area contributed by atoms with E-state index in [9.17, 15) is 33.4 Å². The molecule has 1 aliphatic rings. The number of rotatable bonds is 6. The van der Waals surface area contributed by atoms with E-state index in [1.54, 1.807) is 18.9 Å². The summed E-state index contributed by atoms with van der Waals surface area (Å²) in [5, 5.41) is 25.9. The van der Waals surface area contributed by atoms with Gasteiger partial charge in [-0.05, 0) is 13.8 Å². The van der Waals surface area contributed by atoms with Crippen LogP contribution in [-0.4, -0.2) is 32.8 Å². The molecule has 1 saturated heterocycles. The van der Waals surface area contributed by atoms with Crippen molar-refractivity contribution < 1.29 is 23.0 Å². The van der Waals surface area contributed by atoms with Gasteiger partial charge in [0.2, 0.25) is 5.69 Å². The maximum absolute atomic E-state index is 13.1. The normalized spacial score (nSPS) is 16.8. The molecule has 28 heavy (non-hydrogen) atoms.